The van der Waals surface area contributed by atoms with Gasteiger partial charge in [-0.3, -0.25) is 4.90 Å². The summed E-state index contributed by atoms with van der Waals surface area (Å²) in [7, 11) is 0. The van der Waals surface area contributed by atoms with Crippen LogP contribution in [0.25, 0.3) is 11.1 Å². The van der Waals surface area contributed by atoms with Crippen LogP contribution in [0.4, 0.5) is 0 Å². The van der Waals surface area contributed by atoms with Gasteiger partial charge in [-0.15, -0.1) is 0 Å². The van der Waals surface area contributed by atoms with Crippen molar-refractivity contribution in [2.24, 2.45) is 5.92 Å². The predicted octanol–water partition coefficient (Wildman–Crippen LogP) is 4.44. The molecule has 0 saturated carbocycles. The average Bonchev–Trinajstić information content (AvgIpc) is 2.66. The van der Waals surface area contributed by atoms with Crippen LogP contribution in [0.2, 0.25) is 5.02 Å². The van der Waals surface area contributed by atoms with Gasteiger partial charge in [-0.05, 0) is 68.6 Å². The van der Waals surface area contributed by atoms with Crippen molar-refractivity contribution in [3.05, 3.63) is 41.7 Å². The van der Waals surface area contributed by atoms with E-state index < -0.39 is 0 Å². The second kappa shape index (κ2) is 7.71. The zero-order valence-corrected chi connectivity index (χ0v) is 15.2. The minimum atomic E-state index is 0.624. The molecule has 1 aromatic carbocycles. The lowest BCUT2D eigenvalue weighted by Gasteiger charge is -2.44. The van der Waals surface area contributed by atoms with E-state index in [0.29, 0.717) is 17.0 Å². The summed E-state index contributed by atoms with van der Waals surface area (Å²) in [6, 6.07) is 8.52. The number of aromatic nitrogens is 2. The summed E-state index contributed by atoms with van der Waals surface area (Å²) in [6.07, 6.45) is 10.0. The lowest BCUT2D eigenvalue weighted by atomic mass is 9.84. The molecule has 0 aliphatic carbocycles. The van der Waals surface area contributed by atoms with Gasteiger partial charge in [0.2, 0.25) is 0 Å². The fourth-order valence-corrected chi connectivity index (χ4v) is 4.47. The van der Waals surface area contributed by atoms with Crippen molar-refractivity contribution in [2.75, 3.05) is 19.7 Å². The van der Waals surface area contributed by atoms with Crippen LogP contribution in [0.15, 0.2) is 36.7 Å². The molecule has 2 atom stereocenters. The number of piperidine rings is 2. The van der Waals surface area contributed by atoms with E-state index in [-0.39, 0.29) is 0 Å². The Morgan fingerprint density at radius 3 is 2.84 bits per heavy atom. The number of fused-ring (bicyclic) bond motifs is 1. The van der Waals surface area contributed by atoms with Crippen molar-refractivity contribution >= 4 is 11.6 Å². The number of hydrogen-bond acceptors (Lipinski definition) is 4. The largest absolute Gasteiger partial charge is 0.493 e. The minimum absolute atomic E-state index is 0.624. The molecule has 0 unspecified atom stereocenters. The van der Waals surface area contributed by atoms with Gasteiger partial charge in [0.15, 0.2) is 0 Å². The molecule has 0 radical (unpaired) electrons. The number of halogens is 1. The normalized spacial score (nSPS) is 23.9. The van der Waals surface area contributed by atoms with Crippen LogP contribution in [-0.4, -0.2) is 40.8 Å². The van der Waals surface area contributed by atoms with Crippen LogP contribution in [0.1, 0.15) is 32.1 Å². The van der Waals surface area contributed by atoms with Crippen LogP contribution < -0.4 is 4.74 Å². The quantitative estimate of drug-likeness (QED) is 0.810. The highest BCUT2D eigenvalue weighted by molar-refractivity contribution is 6.31. The summed E-state index contributed by atoms with van der Waals surface area (Å²) in [5.74, 6) is 1.46. The van der Waals surface area contributed by atoms with Gasteiger partial charge in [-0.1, -0.05) is 18.0 Å². The third-order valence-electron chi connectivity index (χ3n) is 5.48. The summed E-state index contributed by atoms with van der Waals surface area (Å²) >= 11 is 6.31. The molecule has 2 aliphatic rings. The smallest absolute Gasteiger partial charge is 0.121 e. The van der Waals surface area contributed by atoms with Gasteiger partial charge in [0, 0.05) is 22.5 Å². The maximum Gasteiger partial charge on any atom is 0.121 e. The molecule has 1 aromatic heterocycles. The van der Waals surface area contributed by atoms with Crippen LogP contribution in [-0.2, 0) is 0 Å². The maximum atomic E-state index is 6.31. The zero-order valence-electron chi connectivity index (χ0n) is 14.4. The van der Waals surface area contributed by atoms with E-state index in [0.717, 1.165) is 23.5 Å². The highest BCUT2D eigenvalue weighted by Gasteiger charge is 2.33. The number of hydrogen-bond donors (Lipinski definition) is 0. The molecule has 0 amide bonds. The van der Waals surface area contributed by atoms with Crippen LogP contribution in [0, 0.1) is 5.92 Å². The van der Waals surface area contributed by atoms with Crippen molar-refractivity contribution in [2.45, 2.75) is 38.1 Å². The van der Waals surface area contributed by atoms with Crippen LogP contribution >= 0.6 is 11.6 Å². The Bertz CT molecular complexity index is 707. The molecule has 5 heteroatoms. The molecule has 4 nitrogen and oxygen atoms in total. The molecule has 2 aromatic rings. The zero-order chi connectivity index (χ0) is 17.1. The van der Waals surface area contributed by atoms with E-state index in [1.54, 1.807) is 12.4 Å². The van der Waals surface area contributed by atoms with E-state index >= 15 is 0 Å². The fraction of sp³-hybridized carbons (Fsp3) is 0.500. The number of nitrogens with zero attached hydrogens (tertiary/aromatic N) is 3. The first-order valence-corrected chi connectivity index (χ1v) is 9.62. The Morgan fingerprint density at radius 2 is 1.96 bits per heavy atom. The van der Waals surface area contributed by atoms with Crippen molar-refractivity contribution in [1.82, 2.24) is 15.1 Å². The van der Waals surface area contributed by atoms with Crippen LogP contribution in [0.3, 0.4) is 0 Å². The molecule has 0 bridgehead atoms. The van der Waals surface area contributed by atoms with E-state index in [9.17, 15) is 0 Å². The van der Waals surface area contributed by atoms with E-state index in [4.69, 9.17) is 16.3 Å². The molecule has 25 heavy (non-hydrogen) atoms. The average molecular weight is 358 g/mol. The molecule has 132 valence electrons. The van der Waals surface area contributed by atoms with Gasteiger partial charge in [-0.2, -0.15) is 10.2 Å². The van der Waals surface area contributed by atoms with Crippen LogP contribution in [0.5, 0.6) is 5.75 Å². The van der Waals surface area contributed by atoms with E-state index in [2.05, 4.69) is 15.1 Å². The first kappa shape index (κ1) is 16.8. The standard InChI is InChI=1S/C20H24ClN3O/c21-18-10-17(15-6-7-22-23-13-15)11-19(12-18)25-14-16-4-3-9-24-8-2-1-5-20(16)24/h6-7,10-13,16,20H,1-5,8-9,14H2/t16-,20+/m0/s1. The maximum absolute atomic E-state index is 6.31. The molecular weight excluding hydrogens is 334 g/mol. The first-order chi connectivity index (χ1) is 12.3. The van der Waals surface area contributed by atoms with Crippen molar-refractivity contribution < 1.29 is 4.74 Å². The molecule has 0 spiro atoms. The monoisotopic (exact) mass is 357 g/mol. The first-order valence-electron chi connectivity index (χ1n) is 9.24. The van der Waals surface area contributed by atoms with Gasteiger partial charge in [0.05, 0.1) is 19.0 Å². The molecule has 3 heterocycles. The van der Waals surface area contributed by atoms with E-state index in [1.807, 2.05) is 24.3 Å². The lowest BCUT2D eigenvalue weighted by molar-refractivity contribution is 0.0366. The van der Waals surface area contributed by atoms with Gasteiger partial charge in [-0.25, -0.2) is 0 Å². The molecule has 2 fully saturated rings. The molecular formula is C20H24ClN3O. The molecule has 0 N–H and O–H groups in total. The van der Waals surface area contributed by atoms with Gasteiger partial charge >= 0.3 is 0 Å². The number of rotatable bonds is 4. The summed E-state index contributed by atoms with van der Waals surface area (Å²) in [6.45, 7) is 3.30. The van der Waals surface area contributed by atoms with Crippen molar-refractivity contribution in [1.29, 1.82) is 0 Å². The Morgan fingerprint density at radius 1 is 1.04 bits per heavy atom. The molecule has 4 rings (SSSR count). The topological polar surface area (TPSA) is 38.2 Å². The Labute approximate surface area is 154 Å². The second-order valence-corrected chi connectivity index (χ2v) is 7.56. The summed E-state index contributed by atoms with van der Waals surface area (Å²) in [5, 5.41) is 8.47. The minimum Gasteiger partial charge on any atom is -0.493 e. The predicted molar refractivity (Wildman–Crippen MR) is 99.9 cm³/mol. The van der Waals surface area contributed by atoms with Gasteiger partial charge < -0.3 is 4.74 Å². The third kappa shape index (κ3) is 3.96. The third-order valence-corrected chi connectivity index (χ3v) is 5.70. The summed E-state index contributed by atoms with van der Waals surface area (Å²) in [5.41, 5.74) is 2.01. The highest BCUT2D eigenvalue weighted by Crippen LogP contribution is 2.33. The van der Waals surface area contributed by atoms with Gasteiger partial charge in [0.25, 0.3) is 0 Å². The Balaban J connectivity index is 1.46. The fourth-order valence-electron chi connectivity index (χ4n) is 4.25. The van der Waals surface area contributed by atoms with E-state index in [1.165, 1.54) is 45.2 Å². The lowest BCUT2D eigenvalue weighted by Crippen LogP contribution is -2.49. The molecule has 2 saturated heterocycles. The summed E-state index contributed by atoms with van der Waals surface area (Å²) in [4.78, 5) is 2.67. The Hall–Kier alpha value is -1.65. The summed E-state index contributed by atoms with van der Waals surface area (Å²) < 4.78 is 6.19. The SMILES string of the molecule is Clc1cc(OC[C@@H]2CCCN3CCCC[C@H]23)cc(-c2ccnnc2)c1. The van der Waals surface area contributed by atoms with Crippen molar-refractivity contribution in [3.63, 3.8) is 0 Å². The molecule has 2 aliphatic heterocycles. The highest BCUT2D eigenvalue weighted by atomic mass is 35.5. The number of ether oxygens (including phenoxy) is 1. The number of benzene rings is 1. The second-order valence-electron chi connectivity index (χ2n) is 7.12. The Kier molecular flexibility index (Phi) is 5.18. The van der Waals surface area contributed by atoms with Gasteiger partial charge in [0.1, 0.15) is 5.75 Å². The van der Waals surface area contributed by atoms with Crippen molar-refractivity contribution in [3.8, 4) is 16.9 Å².